The zero-order valence-corrected chi connectivity index (χ0v) is 19.6. The average molecular weight is 502 g/mol. The summed E-state index contributed by atoms with van der Waals surface area (Å²) >= 11 is 0. The monoisotopic (exact) mass is 502 g/mol. The number of alkyl halides is 3. The van der Waals surface area contributed by atoms with E-state index < -0.39 is 23.8 Å². The topological polar surface area (TPSA) is 9.23 Å². The first kappa shape index (κ1) is 25.7. The Labute approximate surface area is 206 Å². The van der Waals surface area contributed by atoms with Gasteiger partial charge in [-0.1, -0.05) is 43.4 Å². The molecule has 1 atom stereocenters. The van der Waals surface area contributed by atoms with E-state index in [1.807, 2.05) is 6.92 Å². The van der Waals surface area contributed by atoms with Gasteiger partial charge in [0.05, 0.1) is 5.56 Å². The van der Waals surface area contributed by atoms with Gasteiger partial charge in [-0.2, -0.15) is 0 Å². The van der Waals surface area contributed by atoms with E-state index >= 15 is 4.39 Å². The third kappa shape index (κ3) is 5.87. The second-order valence-electron chi connectivity index (χ2n) is 8.87. The first-order valence-corrected chi connectivity index (χ1v) is 11.8. The Morgan fingerprint density at radius 2 is 1.64 bits per heavy atom. The predicted octanol–water partition coefficient (Wildman–Crippen LogP) is 8.02. The van der Waals surface area contributed by atoms with Crippen molar-refractivity contribution in [1.29, 1.82) is 0 Å². The Bertz CT molecular complexity index is 1300. The molecule has 0 fully saturated rings. The fraction of sp³-hybridized carbons (Fsp3) is 0.310. The molecule has 0 radical (unpaired) electrons. The van der Waals surface area contributed by atoms with Crippen LogP contribution >= 0.6 is 0 Å². The minimum Gasteiger partial charge on any atom is -0.406 e. The average Bonchev–Trinajstić information content (AvgIpc) is 2.84. The van der Waals surface area contributed by atoms with E-state index in [0.717, 1.165) is 30.5 Å². The summed E-state index contributed by atoms with van der Waals surface area (Å²) in [5.41, 5.74) is 2.51. The Morgan fingerprint density at radius 3 is 2.33 bits per heavy atom. The molecule has 7 heteroatoms. The lowest BCUT2D eigenvalue weighted by Gasteiger charge is -2.26. The number of unbranched alkanes of at least 4 members (excludes halogenated alkanes) is 1. The van der Waals surface area contributed by atoms with Gasteiger partial charge in [-0.3, -0.25) is 0 Å². The molecule has 0 amide bonds. The number of fused-ring (bicyclic) bond motifs is 1. The summed E-state index contributed by atoms with van der Waals surface area (Å²) in [7, 11) is 0. The lowest BCUT2D eigenvalue weighted by atomic mass is 9.79. The zero-order valence-electron chi connectivity index (χ0n) is 19.6. The van der Waals surface area contributed by atoms with Crippen LogP contribution in [0.5, 0.6) is 5.75 Å². The van der Waals surface area contributed by atoms with E-state index in [-0.39, 0.29) is 17.2 Å². The highest BCUT2D eigenvalue weighted by Crippen LogP contribution is 2.36. The number of halogens is 6. The number of rotatable bonds is 5. The molecule has 0 heterocycles. The molecule has 1 aliphatic rings. The summed E-state index contributed by atoms with van der Waals surface area (Å²) in [6.45, 7) is 1.99. The van der Waals surface area contributed by atoms with Gasteiger partial charge in [0.1, 0.15) is 11.6 Å². The molecule has 188 valence electrons. The summed E-state index contributed by atoms with van der Waals surface area (Å²) in [5.74, 6) is 2.80. The first-order chi connectivity index (χ1) is 17.2. The van der Waals surface area contributed by atoms with Crippen molar-refractivity contribution in [3.05, 3.63) is 99.4 Å². The molecular formula is C29H24F6O. The van der Waals surface area contributed by atoms with Crippen LogP contribution in [-0.4, -0.2) is 6.36 Å². The van der Waals surface area contributed by atoms with Crippen LogP contribution in [0.3, 0.4) is 0 Å². The lowest BCUT2D eigenvalue weighted by Crippen LogP contribution is -2.17. The van der Waals surface area contributed by atoms with E-state index in [2.05, 4.69) is 16.6 Å². The molecule has 3 aromatic carbocycles. The molecule has 0 bridgehead atoms. The van der Waals surface area contributed by atoms with Gasteiger partial charge in [-0.05, 0) is 90.6 Å². The van der Waals surface area contributed by atoms with Crippen molar-refractivity contribution in [3.8, 4) is 17.6 Å². The molecule has 0 N–H and O–H groups in total. The fourth-order valence-corrected chi connectivity index (χ4v) is 4.53. The van der Waals surface area contributed by atoms with E-state index in [4.69, 9.17) is 0 Å². The highest BCUT2D eigenvalue weighted by Gasteiger charge is 2.31. The van der Waals surface area contributed by atoms with Gasteiger partial charge in [0.2, 0.25) is 0 Å². The highest BCUT2D eigenvalue weighted by molar-refractivity contribution is 5.49. The SMILES string of the molecule is CCCCc1ccc(C2CCc3c(ccc(C#Cc4ccc(OC(F)(F)F)cc4)c3F)C2)c(F)c1F. The Morgan fingerprint density at radius 1 is 0.889 bits per heavy atom. The molecule has 1 aliphatic carbocycles. The Hall–Kier alpha value is -3.40. The van der Waals surface area contributed by atoms with Crippen molar-refractivity contribution in [2.24, 2.45) is 0 Å². The quantitative estimate of drug-likeness (QED) is 0.254. The number of aryl methyl sites for hydroxylation is 1. The molecule has 0 saturated carbocycles. The van der Waals surface area contributed by atoms with Crippen LogP contribution in [0.15, 0.2) is 48.5 Å². The minimum absolute atomic E-state index is 0.167. The third-order valence-corrected chi connectivity index (χ3v) is 6.41. The van der Waals surface area contributed by atoms with Gasteiger partial charge in [0, 0.05) is 5.56 Å². The maximum Gasteiger partial charge on any atom is 0.573 e. The summed E-state index contributed by atoms with van der Waals surface area (Å²) in [6, 6.07) is 11.6. The van der Waals surface area contributed by atoms with Gasteiger partial charge in [-0.25, -0.2) is 13.2 Å². The molecule has 1 nitrogen and oxygen atoms in total. The Kier molecular flexibility index (Phi) is 7.63. The van der Waals surface area contributed by atoms with Gasteiger partial charge in [-0.15, -0.1) is 13.2 Å². The summed E-state index contributed by atoms with van der Waals surface area (Å²) in [6.07, 6.45) is -1.37. The number of hydrogen-bond donors (Lipinski definition) is 0. The molecule has 3 aromatic rings. The van der Waals surface area contributed by atoms with Crippen LogP contribution in [-0.2, 0) is 19.3 Å². The van der Waals surface area contributed by atoms with Crippen molar-refractivity contribution in [3.63, 3.8) is 0 Å². The maximum absolute atomic E-state index is 15.2. The normalized spacial score (nSPS) is 15.1. The molecule has 1 unspecified atom stereocenters. The zero-order chi connectivity index (χ0) is 25.9. The van der Waals surface area contributed by atoms with Crippen molar-refractivity contribution >= 4 is 0 Å². The lowest BCUT2D eigenvalue weighted by molar-refractivity contribution is -0.274. The molecule has 0 spiro atoms. The molecule has 4 rings (SSSR count). The molecule has 0 aliphatic heterocycles. The standard InChI is InChI=1S/C29H24F6O/c1-2-3-4-19-11-15-25(28(32)27(19)31)22-12-16-24-21(17-22)10-9-20(26(24)30)8-5-18-6-13-23(14-7-18)36-29(33,34)35/h6-7,9-11,13-15,22H,2-4,12,16-17H2,1H3. The van der Waals surface area contributed by atoms with Crippen LogP contribution < -0.4 is 4.74 Å². The summed E-state index contributed by atoms with van der Waals surface area (Å²) in [5, 5.41) is 0. The largest absolute Gasteiger partial charge is 0.573 e. The van der Waals surface area contributed by atoms with Crippen molar-refractivity contribution in [1.82, 2.24) is 0 Å². The Balaban J connectivity index is 1.50. The summed E-state index contributed by atoms with van der Waals surface area (Å²) in [4.78, 5) is 0. The molecular weight excluding hydrogens is 478 g/mol. The minimum atomic E-state index is -4.78. The number of benzene rings is 3. The van der Waals surface area contributed by atoms with Crippen LogP contribution in [0.1, 0.15) is 65.5 Å². The van der Waals surface area contributed by atoms with Crippen molar-refractivity contribution < 1.29 is 31.1 Å². The number of ether oxygens (including phenoxy) is 1. The van der Waals surface area contributed by atoms with Crippen LogP contribution in [0, 0.1) is 29.3 Å². The fourth-order valence-electron chi connectivity index (χ4n) is 4.53. The molecule has 0 saturated heterocycles. The van der Waals surface area contributed by atoms with E-state index in [1.165, 1.54) is 18.2 Å². The van der Waals surface area contributed by atoms with Crippen molar-refractivity contribution in [2.45, 2.75) is 57.7 Å². The van der Waals surface area contributed by atoms with Gasteiger partial charge >= 0.3 is 6.36 Å². The van der Waals surface area contributed by atoms with Crippen LogP contribution in [0.2, 0.25) is 0 Å². The first-order valence-electron chi connectivity index (χ1n) is 11.8. The second kappa shape index (κ2) is 10.7. The van der Waals surface area contributed by atoms with E-state index in [9.17, 15) is 22.0 Å². The maximum atomic E-state index is 15.2. The van der Waals surface area contributed by atoms with Gasteiger partial charge in [0.25, 0.3) is 0 Å². The van der Waals surface area contributed by atoms with Gasteiger partial charge < -0.3 is 4.74 Å². The number of hydrogen-bond acceptors (Lipinski definition) is 1. The van der Waals surface area contributed by atoms with E-state index in [0.29, 0.717) is 47.9 Å². The van der Waals surface area contributed by atoms with Crippen LogP contribution in [0.4, 0.5) is 26.3 Å². The second-order valence-corrected chi connectivity index (χ2v) is 8.87. The molecule has 36 heavy (non-hydrogen) atoms. The highest BCUT2D eigenvalue weighted by atomic mass is 19.4. The summed E-state index contributed by atoms with van der Waals surface area (Å²) < 4.78 is 85.2. The van der Waals surface area contributed by atoms with Gasteiger partial charge in [0.15, 0.2) is 11.6 Å². The van der Waals surface area contributed by atoms with E-state index in [1.54, 1.807) is 18.2 Å². The van der Waals surface area contributed by atoms with Crippen LogP contribution in [0.25, 0.3) is 0 Å². The molecule has 0 aromatic heterocycles. The van der Waals surface area contributed by atoms with Crippen molar-refractivity contribution in [2.75, 3.05) is 0 Å². The third-order valence-electron chi connectivity index (χ3n) is 6.41. The smallest absolute Gasteiger partial charge is 0.406 e. The predicted molar refractivity (Wildman–Crippen MR) is 125 cm³/mol.